The number of rotatable bonds is 7. The molecule has 1 atom stereocenters. The van der Waals surface area contributed by atoms with Gasteiger partial charge < -0.3 is 4.90 Å². The van der Waals surface area contributed by atoms with E-state index in [4.69, 9.17) is 0 Å². The Morgan fingerprint density at radius 2 is 1.62 bits per heavy atom. The summed E-state index contributed by atoms with van der Waals surface area (Å²) in [6.45, 7) is 19.9. The van der Waals surface area contributed by atoms with Crippen LogP contribution >= 0.6 is 0 Å². The minimum Gasteiger partial charge on any atom is -0.372 e. The fourth-order valence-electron chi connectivity index (χ4n) is 4.61. The third-order valence-corrected chi connectivity index (χ3v) is 6.44. The van der Waals surface area contributed by atoms with Crippen LogP contribution in [0.2, 0.25) is 0 Å². The van der Waals surface area contributed by atoms with Crippen LogP contribution in [0.5, 0.6) is 0 Å². The van der Waals surface area contributed by atoms with E-state index in [2.05, 4.69) is 44.6 Å². The Hall–Kier alpha value is -1.24. The van der Waals surface area contributed by atoms with E-state index in [1.807, 2.05) is 6.08 Å². The van der Waals surface area contributed by atoms with Gasteiger partial charge in [0.2, 0.25) is 0 Å². The lowest BCUT2D eigenvalue weighted by Crippen LogP contribution is -2.30. The Kier molecular flexibility index (Phi) is 6.95. The van der Waals surface area contributed by atoms with Crippen molar-refractivity contribution in [2.75, 3.05) is 13.1 Å². The molecule has 0 spiro atoms. The van der Waals surface area contributed by atoms with E-state index in [0.717, 1.165) is 18.8 Å². The molecule has 1 saturated carbocycles. The van der Waals surface area contributed by atoms with Crippen LogP contribution in [0.4, 0.5) is 0 Å². The second-order valence-corrected chi connectivity index (χ2v) is 7.83. The molecule has 1 heteroatoms. The molecule has 1 aliphatic carbocycles. The first-order chi connectivity index (χ1) is 11.5. The first-order valence-electron chi connectivity index (χ1n) is 10.0. The number of piperidine rings is 1. The molecule has 0 aromatic heterocycles. The SMILES string of the molecule is C=C/C(=C\C(C)C(=C)C1(CC)CCCCC1)C(=C)N1CCCCC1. The molecule has 0 N–H and O–H groups in total. The quantitative estimate of drug-likeness (QED) is 0.373. The van der Waals surface area contributed by atoms with Gasteiger partial charge in [-0.2, -0.15) is 0 Å². The number of hydrogen-bond donors (Lipinski definition) is 0. The molecule has 2 aliphatic rings. The Morgan fingerprint density at radius 1 is 1.04 bits per heavy atom. The molecule has 134 valence electrons. The molecular weight excluding hydrogens is 290 g/mol. The lowest BCUT2D eigenvalue weighted by Gasteiger charge is -2.40. The Bertz CT molecular complexity index is 484. The van der Waals surface area contributed by atoms with Gasteiger partial charge in [0.1, 0.15) is 0 Å². The summed E-state index contributed by atoms with van der Waals surface area (Å²) < 4.78 is 0. The molecule has 1 aliphatic heterocycles. The predicted octanol–water partition coefficient (Wildman–Crippen LogP) is 6.65. The highest BCUT2D eigenvalue weighted by Crippen LogP contribution is 2.47. The third kappa shape index (κ3) is 4.23. The van der Waals surface area contributed by atoms with Crippen molar-refractivity contribution < 1.29 is 0 Å². The Morgan fingerprint density at radius 3 is 2.17 bits per heavy atom. The molecule has 2 rings (SSSR count). The highest BCUT2D eigenvalue weighted by molar-refractivity contribution is 5.38. The van der Waals surface area contributed by atoms with E-state index in [1.165, 1.54) is 68.9 Å². The average molecular weight is 328 g/mol. The maximum absolute atomic E-state index is 4.56. The van der Waals surface area contributed by atoms with Crippen molar-refractivity contribution in [3.8, 4) is 0 Å². The van der Waals surface area contributed by atoms with E-state index in [9.17, 15) is 0 Å². The monoisotopic (exact) mass is 327 g/mol. The van der Waals surface area contributed by atoms with Crippen LogP contribution < -0.4 is 0 Å². The first kappa shape index (κ1) is 19.1. The van der Waals surface area contributed by atoms with Crippen LogP contribution in [-0.2, 0) is 0 Å². The Balaban J connectivity index is 2.12. The summed E-state index contributed by atoms with van der Waals surface area (Å²) in [4.78, 5) is 2.43. The molecule has 0 bridgehead atoms. The van der Waals surface area contributed by atoms with Gasteiger partial charge >= 0.3 is 0 Å². The molecular formula is C23H37N. The summed E-state index contributed by atoms with van der Waals surface area (Å²) >= 11 is 0. The lowest BCUT2D eigenvalue weighted by molar-refractivity contribution is 0.218. The van der Waals surface area contributed by atoms with E-state index >= 15 is 0 Å². The highest BCUT2D eigenvalue weighted by Gasteiger charge is 2.34. The van der Waals surface area contributed by atoms with Crippen LogP contribution in [0.1, 0.15) is 71.6 Å². The van der Waals surface area contributed by atoms with E-state index in [0.29, 0.717) is 11.3 Å². The molecule has 1 unspecified atom stereocenters. The van der Waals surface area contributed by atoms with Crippen LogP contribution in [0, 0.1) is 11.3 Å². The normalized spacial score (nSPS) is 22.8. The predicted molar refractivity (Wildman–Crippen MR) is 107 cm³/mol. The van der Waals surface area contributed by atoms with Crippen LogP contribution in [-0.4, -0.2) is 18.0 Å². The fraction of sp³-hybridized carbons (Fsp3) is 0.652. The van der Waals surface area contributed by atoms with Gasteiger partial charge in [-0.15, -0.1) is 0 Å². The van der Waals surface area contributed by atoms with Gasteiger partial charge in [0.15, 0.2) is 0 Å². The molecule has 1 nitrogen and oxygen atoms in total. The lowest BCUT2D eigenvalue weighted by atomic mass is 9.65. The largest absolute Gasteiger partial charge is 0.372 e. The van der Waals surface area contributed by atoms with Crippen LogP contribution in [0.25, 0.3) is 0 Å². The summed E-state index contributed by atoms with van der Waals surface area (Å²) in [7, 11) is 0. The summed E-state index contributed by atoms with van der Waals surface area (Å²) in [5, 5.41) is 0. The maximum Gasteiger partial charge on any atom is 0.0363 e. The smallest absolute Gasteiger partial charge is 0.0363 e. The van der Waals surface area contributed by atoms with Gasteiger partial charge in [-0.3, -0.25) is 0 Å². The van der Waals surface area contributed by atoms with Crippen molar-refractivity contribution in [2.45, 2.75) is 71.6 Å². The minimum absolute atomic E-state index is 0.354. The van der Waals surface area contributed by atoms with Crippen LogP contribution in [0.3, 0.4) is 0 Å². The summed E-state index contributed by atoms with van der Waals surface area (Å²) in [6.07, 6.45) is 16.2. The zero-order valence-corrected chi connectivity index (χ0v) is 16.1. The molecule has 0 radical (unpaired) electrons. The van der Waals surface area contributed by atoms with Gasteiger partial charge in [-0.1, -0.05) is 70.6 Å². The zero-order valence-electron chi connectivity index (χ0n) is 16.1. The van der Waals surface area contributed by atoms with E-state index in [1.54, 1.807) is 0 Å². The average Bonchev–Trinajstić information content (AvgIpc) is 2.65. The molecule has 0 amide bonds. The zero-order chi connectivity index (χ0) is 17.6. The minimum atomic E-state index is 0.354. The fourth-order valence-corrected chi connectivity index (χ4v) is 4.61. The highest BCUT2D eigenvalue weighted by atomic mass is 15.1. The number of likely N-dealkylation sites (tertiary alicyclic amines) is 1. The standard InChI is InChI=1S/C23H37N/c1-6-22(21(5)24-16-12-9-13-17-24)18-19(3)20(4)23(7-2)14-10-8-11-15-23/h6,18-19H,1,4-5,7-17H2,2-3H3/b22-18+. The summed E-state index contributed by atoms with van der Waals surface area (Å²) in [6, 6.07) is 0. The molecule has 1 saturated heterocycles. The summed E-state index contributed by atoms with van der Waals surface area (Å²) in [5.41, 5.74) is 4.13. The number of hydrogen-bond acceptors (Lipinski definition) is 1. The molecule has 2 fully saturated rings. The van der Waals surface area contributed by atoms with Crippen molar-refractivity contribution in [3.05, 3.63) is 48.7 Å². The van der Waals surface area contributed by atoms with Crippen molar-refractivity contribution in [2.24, 2.45) is 11.3 Å². The molecule has 24 heavy (non-hydrogen) atoms. The van der Waals surface area contributed by atoms with E-state index in [-0.39, 0.29) is 0 Å². The maximum atomic E-state index is 4.56. The van der Waals surface area contributed by atoms with Crippen molar-refractivity contribution in [1.82, 2.24) is 4.90 Å². The Labute approximate surface area is 150 Å². The van der Waals surface area contributed by atoms with Gasteiger partial charge in [-0.05, 0) is 55.4 Å². The van der Waals surface area contributed by atoms with Gasteiger partial charge in [0, 0.05) is 18.8 Å². The topological polar surface area (TPSA) is 3.24 Å². The van der Waals surface area contributed by atoms with Gasteiger partial charge in [-0.25, -0.2) is 0 Å². The van der Waals surface area contributed by atoms with Crippen molar-refractivity contribution in [3.63, 3.8) is 0 Å². The van der Waals surface area contributed by atoms with E-state index < -0.39 is 0 Å². The van der Waals surface area contributed by atoms with Crippen LogP contribution in [0.15, 0.2) is 48.7 Å². The second kappa shape index (κ2) is 8.74. The van der Waals surface area contributed by atoms with Crippen molar-refractivity contribution >= 4 is 0 Å². The van der Waals surface area contributed by atoms with Crippen molar-refractivity contribution in [1.29, 1.82) is 0 Å². The molecule has 1 heterocycles. The summed E-state index contributed by atoms with van der Waals surface area (Å²) in [5.74, 6) is 0.387. The first-order valence-corrected chi connectivity index (χ1v) is 10.0. The third-order valence-electron chi connectivity index (χ3n) is 6.44. The number of allylic oxidation sites excluding steroid dienone is 3. The van der Waals surface area contributed by atoms with Gasteiger partial charge in [0.25, 0.3) is 0 Å². The second-order valence-electron chi connectivity index (χ2n) is 7.83. The molecule has 0 aromatic rings. The molecule has 0 aromatic carbocycles. The number of nitrogens with zero attached hydrogens (tertiary/aromatic N) is 1. The van der Waals surface area contributed by atoms with Gasteiger partial charge in [0.05, 0.1) is 0 Å².